The summed E-state index contributed by atoms with van der Waals surface area (Å²) in [6.07, 6.45) is 0. The van der Waals surface area contributed by atoms with E-state index in [4.69, 9.17) is 11.6 Å². The summed E-state index contributed by atoms with van der Waals surface area (Å²) in [5, 5.41) is 13.4. The molecule has 96 valence electrons. The maximum Gasteiger partial charge on any atom is 0.354 e. The molecule has 3 rings (SSSR count). The van der Waals surface area contributed by atoms with Crippen molar-refractivity contribution in [1.82, 2.24) is 14.6 Å². The van der Waals surface area contributed by atoms with Gasteiger partial charge in [0.25, 0.3) is 0 Å². The molecular formula is C12H8ClN3O2S. The van der Waals surface area contributed by atoms with E-state index in [-0.39, 0.29) is 5.69 Å². The highest BCUT2D eigenvalue weighted by Crippen LogP contribution is 2.30. The van der Waals surface area contributed by atoms with Crippen molar-refractivity contribution in [1.29, 1.82) is 0 Å². The van der Waals surface area contributed by atoms with Gasteiger partial charge in [-0.15, -0.1) is 11.3 Å². The molecule has 0 aliphatic heterocycles. The molecule has 0 spiro atoms. The fourth-order valence-electron chi connectivity index (χ4n) is 1.82. The number of carbonyl (C=O) groups is 1. The third kappa shape index (κ3) is 2.09. The normalized spacial score (nSPS) is 11.1. The van der Waals surface area contributed by atoms with Gasteiger partial charge in [0.05, 0.1) is 20.6 Å². The molecule has 0 aliphatic carbocycles. The number of halogens is 1. The Kier molecular flexibility index (Phi) is 2.76. The summed E-state index contributed by atoms with van der Waals surface area (Å²) in [6, 6.07) is 6.82. The molecule has 0 amide bonds. The van der Waals surface area contributed by atoms with Gasteiger partial charge in [0, 0.05) is 6.07 Å². The molecule has 0 atom stereocenters. The van der Waals surface area contributed by atoms with E-state index in [1.54, 1.807) is 19.1 Å². The Morgan fingerprint density at radius 3 is 2.84 bits per heavy atom. The van der Waals surface area contributed by atoms with Gasteiger partial charge in [-0.25, -0.2) is 14.3 Å². The van der Waals surface area contributed by atoms with Crippen LogP contribution in [-0.2, 0) is 0 Å². The van der Waals surface area contributed by atoms with Crippen LogP contribution in [0, 0.1) is 6.92 Å². The van der Waals surface area contributed by atoms with Gasteiger partial charge < -0.3 is 5.11 Å². The van der Waals surface area contributed by atoms with Crippen LogP contribution in [-0.4, -0.2) is 25.7 Å². The van der Waals surface area contributed by atoms with Crippen LogP contribution >= 0.6 is 22.9 Å². The van der Waals surface area contributed by atoms with E-state index >= 15 is 0 Å². The van der Waals surface area contributed by atoms with Gasteiger partial charge in [0.15, 0.2) is 11.3 Å². The van der Waals surface area contributed by atoms with Gasteiger partial charge in [-0.2, -0.15) is 5.10 Å². The Morgan fingerprint density at radius 1 is 1.42 bits per heavy atom. The SMILES string of the molecule is Cc1cc2nc(-c3ccc(Cl)s3)cc(C(=O)O)n2n1. The number of nitrogens with zero attached hydrogens (tertiary/aromatic N) is 3. The Hall–Kier alpha value is -1.92. The van der Waals surface area contributed by atoms with Gasteiger partial charge >= 0.3 is 5.97 Å². The zero-order valence-corrected chi connectivity index (χ0v) is 11.4. The van der Waals surface area contributed by atoms with Crippen molar-refractivity contribution in [3.63, 3.8) is 0 Å². The smallest absolute Gasteiger partial charge is 0.354 e. The molecule has 0 saturated heterocycles. The summed E-state index contributed by atoms with van der Waals surface area (Å²) < 4.78 is 1.97. The lowest BCUT2D eigenvalue weighted by Crippen LogP contribution is -2.08. The fourth-order valence-corrected chi connectivity index (χ4v) is 2.82. The maximum atomic E-state index is 11.3. The van der Waals surface area contributed by atoms with Crippen LogP contribution in [0.4, 0.5) is 0 Å². The second-order valence-corrected chi connectivity index (χ2v) is 5.71. The quantitative estimate of drug-likeness (QED) is 0.788. The van der Waals surface area contributed by atoms with E-state index in [1.807, 2.05) is 6.07 Å². The summed E-state index contributed by atoms with van der Waals surface area (Å²) in [6.45, 7) is 1.79. The van der Waals surface area contributed by atoms with Gasteiger partial charge in [-0.3, -0.25) is 0 Å². The molecule has 0 saturated carbocycles. The lowest BCUT2D eigenvalue weighted by Gasteiger charge is -2.02. The van der Waals surface area contributed by atoms with Crippen molar-refractivity contribution in [2.45, 2.75) is 6.92 Å². The second kappa shape index (κ2) is 4.32. The van der Waals surface area contributed by atoms with Gasteiger partial charge in [0.1, 0.15) is 0 Å². The topological polar surface area (TPSA) is 67.5 Å². The largest absolute Gasteiger partial charge is 0.477 e. The van der Waals surface area contributed by atoms with Gasteiger partial charge in [-0.1, -0.05) is 11.6 Å². The minimum absolute atomic E-state index is 0.0811. The first-order chi connectivity index (χ1) is 9.04. The average molecular weight is 294 g/mol. The van der Waals surface area contributed by atoms with E-state index in [0.29, 0.717) is 15.7 Å². The first-order valence-corrected chi connectivity index (χ1v) is 6.60. The predicted molar refractivity (Wildman–Crippen MR) is 73.0 cm³/mol. The Bertz CT molecular complexity index is 793. The summed E-state index contributed by atoms with van der Waals surface area (Å²) in [7, 11) is 0. The monoisotopic (exact) mass is 293 g/mol. The van der Waals surface area contributed by atoms with E-state index < -0.39 is 5.97 Å². The van der Waals surface area contributed by atoms with Crippen LogP contribution in [0.15, 0.2) is 24.3 Å². The standard InChI is InChI=1S/C12H8ClN3O2S/c1-6-4-11-14-7(9-2-3-10(13)19-9)5-8(12(17)18)16(11)15-6/h2-5H,1H3,(H,17,18). The number of thiophene rings is 1. The molecule has 5 nitrogen and oxygen atoms in total. The molecule has 0 radical (unpaired) electrons. The highest BCUT2D eigenvalue weighted by atomic mass is 35.5. The number of hydrogen-bond donors (Lipinski definition) is 1. The van der Waals surface area contributed by atoms with E-state index in [2.05, 4.69) is 10.1 Å². The molecule has 3 heterocycles. The molecule has 3 aromatic rings. The van der Waals surface area contributed by atoms with E-state index in [0.717, 1.165) is 10.6 Å². The number of fused-ring (bicyclic) bond motifs is 1. The molecule has 0 bridgehead atoms. The molecule has 19 heavy (non-hydrogen) atoms. The van der Waals surface area contributed by atoms with Gasteiger partial charge in [-0.05, 0) is 25.1 Å². The van der Waals surface area contributed by atoms with Crippen LogP contribution in [0.1, 0.15) is 16.2 Å². The zero-order valence-electron chi connectivity index (χ0n) is 9.79. The van der Waals surface area contributed by atoms with Crippen LogP contribution in [0.2, 0.25) is 4.34 Å². The fraction of sp³-hybridized carbons (Fsp3) is 0.0833. The first kappa shape index (κ1) is 12.1. The number of aromatic carboxylic acids is 1. The lowest BCUT2D eigenvalue weighted by atomic mass is 10.3. The molecule has 1 N–H and O–H groups in total. The summed E-state index contributed by atoms with van der Waals surface area (Å²) in [5.41, 5.74) is 1.90. The Labute approximate surface area is 117 Å². The van der Waals surface area contributed by atoms with Crippen molar-refractivity contribution < 1.29 is 9.90 Å². The van der Waals surface area contributed by atoms with Crippen LogP contribution < -0.4 is 0 Å². The average Bonchev–Trinajstić information content (AvgIpc) is 2.92. The number of rotatable bonds is 2. The first-order valence-electron chi connectivity index (χ1n) is 5.41. The predicted octanol–water partition coefficient (Wildman–Crippen LogP) is 3.12. The minimum atomic E-state index is -1.04. The number of carboxylic acid groups (broad SMARTS) is 1. The van der Waals surface area contributed by atoms with Crippen LogP contribution in [0.25, 0.3) is 16.2 Å². The van der Waals surface area contributed by atoms with Crippen molar-refractivity contribution in [3.8, 4) is 10.6 Å². The summed E-state index contributed by atoms with van der Waals surface area (Å²) in [4.78, 5) is 16.5. The van der Waals surface area contributed by atoms with Gasteiger partial charge in [0.2, 0.25) is 0 Å². The van der Waals surface area contributed by atoms with Crippen LogP contribution in [0.5, 0.6) is 0 Å². The molecule has 0 unspecified atom stereocenters. The van der Waals surface area contributed by atoms with E-state index in [9.17, 15) is 9.90 Å². The van der Waals surface area contributed by atoms with Crippen molar-refractivity contribution in [2.24, 2.45) is 0 Å². The lowest BCUT2D eigenvalue weighted by molar-refractivity contribution is 0.0687. The second-order valence-electron chi connectivity index (χ2n) is 3.99. The number of hydrogen-bond acceptors (Lipinski definition) is 4. The summed E-state index contributed by atoms with van der Waals surface area (Å²) >= 11 is 7.25. The third-order valence-electron chi connectivity index (χ3n) is 2.59. The maximum absolute atomic E-state index is 11.3. The summed E-state index contributed by atoms with van der Waals surface area (Å²) in [5.74, 6) is -1.04. The van der Waals surface area contributed by atoms with Crippen LogP contribution in [0.3, 0.4) is 0 Å². The Balaban J connectivity index is 2.29. The highest BCUT2D eigenvalue weighted by Gasteiger charge is 2.15. The van der Waals surface area contributed by atoms with Crippen molar-refractivity contribution in [3.05, 3.63) is 40.0 Å². The van der Waals surface area contributed by atoms with Crippen molar-refractivity contribution in [2.75, 3.05) is 0 Å². The van der Waals surface area contributed by atoms with Crippen molar-refractivity contribution >= 4 is 34.6 Å². The van der Waals surface area contributed by atoms with E-state index in [1.165, 1.54) is 21.9 Å². The molecule has 3 aromatic heterocycles. The third-order valence-corrected chi connectivity index (χ3v) is 3.85. The Morgan fingerprint density at radius 2 is 2.21 bits per heavy atom. The number of aromatic nitrogens is 3. The molecule has 0 fully saturated rings. The number of carboxylic acids is 1. The number of aryl methyl sites for hydroxylation is 1. The molecule has 0 aliphatic rings. The minimum Gasteiger partial charge on any atom is -0.477 e. The molecule has 0 aromatic carbocycles. The molecular weight excluding hydrogens is 286 g/mol. The highest BCUT2D eigenvalue weighted by molar-refractivity contribution is 7.19. The molecule has 7 heteroatoms. The zero-order chi connectivity index (χ0) is 13.6.